The zero-order chi connectivity index (χ0) is 94.4. The highest BCUT2D eigenvalue weighted by molar-refractivity contribution is 6.39. The first-order valence-corrected chi connectivity index (χ1v) is 47.3. The van der Waals surface area contributed by atoms with E-state index in [2.05, 4.69) is 43.4 Å². The lowest BCUT2D eigenvalue weighted by Gasteiger charge is -2.43. The molecule has 2 bridgehead atoms. The largest absolute Gasteiger partial charge is 0.460 e. The summed E-state index contributed by atoms with van der Waals surface area (Å²) >= 11 is 0. The number of cyclic esters (lactones) is 1. The van der Waals surface area contributed by atoms with Crippen molar-refractivity contribution in [3.63, 3.8) is 0 Å². The van der Waals surface area contributed by atoms with E-state index >= 15 is 0 Å². The zero-order valence-corrected chi connectivity index (χ0v) is 79.1. The number of methoxy groups -OCH3 is 4. The van der Waals surface area contributed by atoms with Gasteiger partial charge in [-0.25, -0.2) is 19.4 Å². The summed E-state index contributed by atoms with van der Waals surface area (Å²) in [5, 5.41) is 32.6. The Hall–Kier alpha value is -8.85. The quantitative estimate of drug-likeness (QED) is 0.0108. The van der Waals surface area contributed by atoms with Crippen LogP contribution in [0.5, 0.6) is 0 Å². The SMILES string of the molecule is CO[C@H]1C[C@@H]2CC[C@@H](C)[C@@](O)(O2)C(=O)C(=O)N2CCCC[C@H]2C(=O)O[C@H]([C@H](C)C[C@@H]2CC[C@@H](OC(=O)CC3CCN(CC(=O)NCCOCCOCCOCCOCCOCCOCCC(=O)N4CCc5cc(Cn6nc(-c7ccc8oc(N)nc8c7)c7c(N)ncnc76)ccc5C4)CC3)[C@H](OC)C2)C[C@@H](OC)[C@H](C)/C=C(\C)[C@@H](O)[C@@H](OC)C(=O)[C@H](C)C[C@H](C)/C=C/C=C/C=C/1C. The molecule has 132 heavy (non-hydrogen) atoms. The number of oxazole rings is 1. The van der Waals surface area contributed by atoms with Gasteiger partial charge in [0, 0.05) is 97.2 Å². The third kappa shape index (κ3) is 29.3. The van der Waals surface area contributed by atoms with E-state index in [1.165, 1.54) is 23.9 Å². The van der Waals surface area contributed by atoms with Crippen molar-refractivity contribution in [3.8, 4) is 11.3 Å². The van der Waals surface area contributed by atoms with Gasteiger partial charge in [0.05, 0.1) is 129 Å². The smallest absolute Gasteiger partial charge is 0.329 e. The number of hydrogen-bond acceptors (Lipinski definition) is 30. The number of likely N-dealkylation sites (tertiary alicyclic amines) is 1. The number of allylic oxidation sites excluding steroid dienone is 5. The first-order chi connectivity index (χ1) is 63.6. The Bertz CT molecular complexity index is 4700. The molecule has 34 heteroatoms. The Morgan fingerprint density at radius 1 is 0.697 bits per heavy atom. The van der Waals surface area contributed by atoms with Gasteiger partial charge in [-0.05, 0) is 180 Å². The van der Waals surface area contributed by atoms with Crippen LogP contribution in [0.2, 0.25) is 0 Å². The maximum Gasteiger partial charge on any atom is 0.329 e. The van der Waals surface area contributed by atoms with Crippen molar-refractivity contribution in [2.75, 3.05) is 158 Å². The van der Waals surface area contributed by atoms with Gasteiger partial charge in [-0.15, -0.1) is 0 Å². The number of Topliss-reactive ketones (excluding diaryl/α,β-unsaturated/α-hetero) is 2. The number of nitrogens with two attached hydrogens (primary N) is 2. The van der Waals surface area contributed by atoms with Gasteiger partial charge in [-0.1, -0.05) is 89.3 Å². The average molecular weight is 1840 g/mol. The number of rotatable bonds is 36. The lowest BCUT2D eigenvalue weighted by molar-refractivity contribution is -0.265. The number of aromatic nitrogens is 5. The van der Waals surface area contributed by atoms with Crippen LogP contribution in [0, 0.1) is 41.4 Å². The summed E-state index contributed by atoms with van der Waals surface area (Å²) in [6, 6.07) is 10.8. The van der Waals surface area contributed by atoms with Gasteiger partial charge in [0.15, 0.2) is 17.0 Å². The highest BCUT2D eigenvalue weighted by Crippen LogP contribution is 2.41. The first kappa shape index (κ1) is 104. The fourth-order valence-corrected chi connectivity index (χ4v) is 19.0. The number of carbonyl (C=O) groups excluding carboxylic acids is 7. The summed E-state index contributed by atoms with van der Waals surface area (Å²) < 4.78 is 84.3. The molecule has 0 radical (unpaired) electrons. The number of aliphatic hydroxyl groups excluding tert-OH is 1. The van der Waals surface area contributed by atoms with Crippen molar-refractivity contribution in [1.82, 2.24) is 44.7 Å². The van der Waals surface area contributed by atoms with E-state index in [-0.39, 0.29) is 97.9 Å². The minimum Gasteiger partial charge on any atom is -0.460 e. The van der Waals surface area contributed by atoms with Crippen molar-refractivity contribution in [1.29, 1.82) is 0 Å². The topological polar surface area (TPSA) is 423 Å². The van der Waals surface area contributed by atoms with E-state index in [9.17, 15) is 43.8 Å². The molecule has 5 aromatic rings. The summed E-state index contributed by atoms with van der Waals surface area (Å²) in [5.41, 5.74) is 20.1. The molecule has 6 aliphatic rings. The number of benzene rings is 2. The highest BCUT2D eigenvalue weighted by atomic mass is 16.6. The lowest BCUT2D eigenvalue weighted by atomic mass is 9.78. The zero-order valence-electron chi connectivity index (χ0n) is 79.1. The number of amides is 3. The van der Waals surface area contributed by atoms with Crippen molar-refractivity contribution < 1.29 is 110 Å². The number of nitrogens with zero attached hydrogens (tertiary/aromatic N) is 8. The predicted octanol–water partition coefficient (Wildman–Crippen LogP) is 9.63. The molecule has 11 rings (SSSR count). The second-order valence-corrected chi connectivity index (χ2v) is 36.5. The van der Waals surface area contributed by atoms with Crippen molar-refractivity contribution in [3.05, 3.63) is 107 Å². The lowest BCUT2D eigenvalue weighted by Crippen LogP contribution is -2.61. The first-order valence-electron chi connectivity index (χ1n) is 47.3. The van der Waals surface area contributed by atoms with Gasteiger partial charge in [0.1, 0.15) is 53.8 Å². The fraction of sp³-hybridized carbons (Fsp3) is 0.663. The number of piperidine rings is 2. The van der Waals surface area contributed by atoms with Crippen LogP contribution in [0.3, 0.4) is 0 Å². The van der Waals surface area contributed by atoms with Crippen LogP contribution in [0.1, 0.15) is 168 Å². The maximum atomic E-state index is 15.0. The van der Waals surface area contributed by atoms with E-state index in [4.69, 9.17) is 82.6 Å². The maximum absolute atomic E-state index is 15.0. The van der Waals surface area contributed by atoms with Crippen molar-refractivity contribution in [2.45, 2.75) is 231 Å². The molecule has 3 saturated heterocycles. The van der Waals surface area contributed by atoms with E-state index in [0.717, 1.165) is 41.5 Å². The molecular weight excluding hydrogens is 1700 g/mol. The number of esters is 2. The van der Waals surface area contributed by atoms with Crippen LogP contribution in [0.25, 0.3) is 33.4 Å². The second kappa shape index (κ2) is 51.7. The van der Waals surface area contributed by atoms with E-state index in [1.54, 1.807) is 41.2 Å². The van der Waals surface area contributed by atoms with Crippen molar-refractivity contribution >= 4 is 75.2 Å². The van der Waals surface area contributed by atoms with Gasteiger partial charge in [0.2, 0.25) is 17.6 Å². The van der Waals surface area contributed by atoms with Crippen LogP contribution in [0.15, 0.2) is 94.7 Å². The molecule has 728 valence electrons. The van der Waals surface area contributed by atoms with Gasteiger partial charge < -0.3 is 103 Å². The molecule has 8 heterocycles. The Labute approximate surface area is 775 Å². The number of anilines is 2. The molecule has 0 spiro atoms. The van der Waals surface area contributed by atoms with Crippen LogP contribution in [-0.4, -0.2) is 299 Å². The molecule has 7 N–H and O–H groups in total. The Kier molecular flexibility index (Phi) is 40.6. The third-order valence-corrected chi connectivity index (χ3v) is 26.8. The monoisotopic (exact) mass is 1840 g/mol. The molecule has 3 amide bonds. The van der Waals surface area contributed by atoms with E-state index in [1.807, 2.05) is 92.8 Å². The molecule has 5 aliphatic heterocycles. The minimum atomic E-state index is -2.46. The number of hydrogen-bond donors (Lipinski definition) is 5. The van der Waals surface area contributed by atoms with Crippen molar-refractivity contribution in [2.24, 2.45) is 41.4 Å². The molecule has 2 aromatic carbocycles. The van der Waals surface area contributed by atoms with E-state index < -0.39 is 90.2 Å². The molecule has 1 aliphatic carbocycles. The fourth-order valence-electron chi connectivity index (χ4n) is 19.0. The summed E-state index contributed by atoms with van der Waals surface area (Å²) in [7, 11) is 6.19. The number of ether oxygens (including phenoxy) is 13. The van der Waals surface area contributed by atoms with E-state index in [0.29, 0.717) is 222 Å². The summed E-state index contributed by atoms with van der Waals surface area (Å²) in [5.74, 6) is -7.25. The van der Waals surface area contributed by atoms with Crippen LogP contribution in [0.4, 0.5) is 11.8 Å². The number of fused-ring (bicyclic) bond motifs is 6. The van der Waals surface area contributed by atoms with Crippen LogP contribution < -0.4 is 16.8 Å². The Morgan fingerprint density at radius 3 is 2.10 bits per heavy atom. The Morgan fingerprint density at radius 2 is 1.40 bits per heavy atom. The van der Waals surface area contributed by atoms with Crippen LogP contribution >= 0.6 is 0 Å². The molecular formula is C98H143N11O23. The van der Waals surface area contributed by atoms with Gasteiger partial charge in [-0.2, -0.15) is 10.1 Å². The molecule has 3 aromatic heterocycles. The molecule has 16 atom stereocenters. The van der Waals surface area contributed by atoms with Gasteiger partial charge in [0.25, 0.3) is 17.7 Å². The molecule has 34 nitrogen and oxygen atoms in total. The number of nitrogens with one attached hydrogen (secondary N) is 1. The summed E-state index contributed by atoms with van der Waals surface area (Å²) in [6.45, 7) is 21.3. The Balaban J connectivity index is 0.531. The highest BCUT2D eigenvalue weighted by Gasteiger charge is 2.53. The van der Waals surface area contributed by atoms with Gasteiger partial charge in [-0.3, -0.25) is 33.7 Å². The number of carbonyl (C=O) groups is 7. The van der Waals surface area contributed by atoms with Gasteiger partial charge >= 0.3 is 11.9 Å². The average Bonchev–Trinajstić information content (AvgIpc) is 1.70. The number of aliphatic hydroxyl groups is 2. The predicted molar refractivity (Wildman–Crippen MR) is 493 cm³/mol. The standard InChI is InChI=1S/C98H143N11O23/c1-62-17-13-12-14-18-63(2)80(119-8)56-75-25-20-68(7)98(118,132-75)92(115)95(116)108-33-16-15-19-77(108)96(117)130-82(57-81(120-9)64(3)50-67(6)90(114)91(122-11)89(113)66(5)49-62)65(4)51-70-22-26-79(83(53-70)121-10)129-86(112)54-69-28-34-106(35-29-69)60-84(110)101-32-38-124-40-42-126-44-46-128-48-47-127-45-43-125-41-39-123-37-31-85(111)107-36-30-72-52-71(21-23-74(72)59-107)58-109-94-87(93(99)102-61-103-94)88(105-109)73-24-27-78-76(55-73)104-97(100)131-78/h12-14,17-18,21,23-24,27,50,52,55,61-62,64-66,68-70,75,77,79-83,90-91,114,118H,15-16,19-20,22,25-26,28-49,51,53-54,56-60H2,1-11H3,(H2,100,104)(H,101,110)(H2,99,102,103)/b14-12+,17-13+,63-18+,67-50+/t62-,64-,65-,66-,68-,70+,75+,77+,79-,80+,81-,82+,83-,90-,91+,98-/m1/s1. The summed E-state index contributed by atoms with van der Waals surface area (Å²) in [6.07, 6.45) is 15.6. The molecule has 0 unspecified atom stereocenters. The third-order valence-electron chi connectivity index (χ3n) is 26.8. The summed E-state index contributed by atoms with van der Waals surface area (Å²) in [4.78, 5) is 116. The molecule has 4 fully saturated rings. The minimum absolute atomic E-state index is 0.00782. The normalized spacial score (nSPS) is 27.9. The second-order valence-electron chi connectivity index (χ2n) is 36.5. The number of ketones is 2. The molecule has 1 saturated carbocycles. The van der Waals surface area contributed by atoms with Crippen LogP contribution in [-0.2, 0) is 115 Å². The number of nitrogen functional groups attached to an aromatic ring is 2.